The zero-order valence-corrected chi connectivity index (χ0v) is 15.1. The van der Waals surface area contributed by atoms with Crippen LogP contribution in [-0.4, -0.2) is 68.8 Å². The van der Waals surface area contributed by atoms with Crippen LogP contribution in [0, 0.1) is 11.6 Å². The molecular formula is C15H20F2N4O4S. The highest BCUT2D eigenvalue weighted by Crippen LogP contribution is 2.23. The van der Waals surface area contributed by atoms with Crippen LogP contribution in [0.15, 0.2) is 23.1 Å². The molecule has 0 aliphatic carbocycles. The van der Waals surface area contributed by atoms with E-state index in [0.717, 1.165) is 22.5 Å². The Morgan fingerprint density at radius 3 is 2.15 bits per heavy atom. The van der Waals surface area contributed by atoms with Crippen molar-refractivity contribution >= 4 is 22.0 Å². The molecule has 144 valence electrons. The highest BCUT2D eigenvalue weighted by molar-refractivity contribution is 7.89. The van der Waals surface area contributed by atoms with Gasteiger partial charge in [-0.15, -0.1) is 0 Å². The van der Waals surface area contributed by atoms with Crippen LogP contribution in [0.4, 0.5) is 13.6 Å². The summed E-state index contributed by atoms with van der Waals surface area (Å²) in [5.41, 5.74) is 0. The second-order valence-electron chi connectivity index (χ2n) is 5.74. The average Bonchev–Trinajstić information content (AvgIpc) is 2.60. The van der Waals surface area contributed by atoms with Gasteiger partial charge in [0.1, 0.15) is 11.6 Å². The lowest BCUT2D eigenvalue weighted by molar-refractivity contribution is -0.125. The van der Waals surface area contributed by atoms with Gasteiger partial charge in [-0.3, -0.25) is 15.0 Å². The molecule has 0 spiro atoms. The largest absolute Gasteiger partial charge is 0.341 e. The molecule has 1 atom stereocenters. The van der Waals surface area contributed by atoms with Crippen LogP contribution in [0.1, 0.15) is 6.92 Å². The number of carbonyl (C=O) groups excluding carboxylic acids is 2. The van der Waals surface area contributed by atoms with Gasteiger partial charge in [0.05, 0.1) is 6.04 Å². The van der Waals surface area contributed by atoms with Crippen molar-refractivity contribution in [1.82, 2.24) is 19.8 Å². The topological polar surface area (TPSA) is 98.8 Å². The molecule has 2 rings (SSSR count). The molecule has 1 heterocycles. The van der Waals surface area contributed by atoms with Crippen LogP contribution >= 0.6 is 0 Å². The minimum atomic E-state index is -4.32. The molecule has 1 saturated heterocycles. The normalized spacial score (nSPS) is 17.5. The predicted octanol–water partition coefficient (Wildman–Crippen LogP) is 0.115. The van der Waals surface area contributed by atoms with E-state index in [-0.39, 0.29) is 26.2 Å². The summed E-state index contributed by atoms with van der Waals surface area (Å²) in [4.78, 5) is 23.9. The number of imide groups is 1. The molecular weight excluding hydrogens is 370 g/mol. The van der Waals surface area contributed by atoms with Crippen molar-refractivity contribution in [2.45, 2.75) is 17.9 Å². The summed E-state index contributed by atoms with van der Waals surface area (Å²) in [5, 5.41) is 4.41. The molecule has 1 aromatic rings. The van der Waals surface area contributed by atoms with Gasteiger partial charge in [-0.05, 0) is 19.1 Å². The molecule has 1 aromatic carbocycles. The Balaban J connectivity index is 2.06. The van der Waals surface area contributed by atoms with Crippen molar-refractivity contribution in [2.24, 2.45) is 0 Å². The number of nitrogens with zero attached hydrogens (tertiary/aromatic N) is 2. The van der Waals surface area contributed by atoms with Gasteiger partial charge in [0, 0.05) is 33.2 Å². The molecule has 0 unspecified atom stereocenters. The van der Waals surface area contributed by atoms with E-state index in [1.54, 1.807) is 11.8 Å². The van der Waals surface area contributed by atoms with Crippen LogP contribution in [0.25, 0.3) is 0 Å². The fourth-order valence-electron chi connectivity index (χ4n) is 2.63. The molecule has 1 aliphatic rings. The monoisotopic (exact) mass is 390 g/mol. The third-order valence-electron chi connectivity index (χ3n) is 4.18. The number of nitrogens with one attached hydrogen (secondary N) is 2. The van der Waals surface area contributed by atoms with Crippen molar-refractivity contribution in [3.63, 3.8) is 0 Å². The number of hydrogen-bond acceptors (Lipinski definition) is 5. The van der Waals surface area contributed by atoms with Gasteiger partial charge in [0.15, 0.2) is 4.90 Å². The van der Waals surface area contributed by atoms with Gasteiger partial charge >= 0.3 is 6.03 Å². The Morgan fingerprint density at radius 1 is 1.12 bits per heavy atom. The summed E-state index contributed by atoms with van der Waals surface area (Å²) in [6.07, 6.45) is 0. The fourth-order valence-corrected chi connectivity index (χ4v) is 4.17. The van der Waals surface area contributed by atoms with Crippen molar-refractivity contribution in [3.05, 3.63) is 29.8 Å². The zero-order valence-electron chi connectivity index (χ0n) is 14.3. The SMILES string of the molecule is CNC(=O)NC(=O)[C@H](C)N1CCN(S(=O)(=O)c2c(F)cccc2F)CC1. The highest BCUT2D eigenvalue weighted by atomic mass is 32.2. The van der Waals surface area contributed by atoms with Crippen LogP contribution in [0.2, 0.25) is 0 Å². The molecule has 0 aromatic heterocycles. The van der Waals surface area contributed by atoms with E-state index in [0.29, 0.717) is 0 Å². The van der Waals surface area contributed by atoms with E-state index in [1.165, 1.54) is 7.05 Å². The Hall–Kier alpha value is -2.11. The molecule has 0 saturated carbocycles. The van der Waals surface area contributed by atoms with Crippen LogP contribution in [0.5, 0.6) is 0 Å². The third kappa shape index (κ3) is 4.17. The molecule has 1 fully saturated rings. The summed E-state index contributed by atoms with van der Waals surface area (Å²) < 4.78 is 53.7. The Labute approximate surface area is 150 Å². The molecule has 0 bridgehead atoms. The van der Waals surface area contributed by atoms with Crippen molar-refractivity contribution in [3.8, 4) is 0 Å². The Bertz CT molecular complexity index is 775. The molecule has 0 radical (unpaired) electrons. The number of rotatable bonds is 4. The van der Waals surface area contributed by atoms with Gasteiger partial charge in [0.25, 0.3) is 0 Å². The maximum atomic E-state index is 13.8. The van der Waals surface area contributed by atoms with E-state index < -0.39 is 44.5 Å². The summed E-state index contributed by atoms with van der Waals surface area (Å²) in [6, 6.07) is 1.56. The van der Waals surface area contributed by atoms with Crippen LogP contribution in [-0.2, 0) is 14.8 Å². The zero-order chi connectivity index (χ0) is 19.5. The van der Waals surface area contributed by atoms with Crippen LogP contribution in [0.3, 0.4) is 0 Å². The number of halogens is 2. The molecule has 11 heteroatoms. The number of hydrogen-bond donors (Lipinski definition) is 2. The molecule has 26 heavy (non-hydrogen) atoms. The van der Waals surface area contributed by atoms with Crippen molar-refractivity contribution in [2.75, 3.05) is 33.2 Å². The summed E-state index contributed by atoms with van der Waals surface area (Å²) in [5.74, 6) is -2.82. The predicted molar refractivity (Wildman–Crippen MR) is 88.8 cm³/mol. The first-order chi connectivity index (χ1) is 12.2. The minimum Gasteiger partial charge on any atom is -0.341 e. The first-order valence-electron chi connectivity index (χ1n) is 7.89. The van der Waals surface area contributed by atoms with E-state index in [1.807, 2.05) is 0 Å². The van der Waals surface area contributed by atoms with Gasteiger partial charge in [0.2, 0.25) is 15.9 Å². The highest BCUT2D eigenvalue weighted by Gasteiger charge is 2.35. The first-order valence-corrected chi connectivity index (χ1v) is 9.33. The van der Waals surface area contributed by atoms with Crippen LogP contribution < -0.4 is 10.6 Å². The van der Waals surface area contributed by atoms with Gasteiger partial charge in [-0.25, -0.2) is 22.0 Å². The van der Waals surface area contributed by atoms with Gasteiger partial charge in [-0.2, -0.15) is 4.31 Å². The maximum absolute atomic E-state index is 13.8. The van der Waals surface area contributed by atoms with Crippen molar-refractivity contribution in [1.29, 1.82) is 0 Å². The molecule has 2 N–H and O–H groups in total. The van der Waals surface area contributed by atoms with Crippen molar-refractivity contribution < 1.29 is 26.8 Å². The lowest BCUT2D eigenvalue weighted by Gasteiger charge is -2.36. The number of benzene rings is 1. The molecule has 8 nitrogen and oxygen atoms in total. The third-order valence-corrected chi connectivity index (χ3v) is 6.13. The number of urea groups is 1. The Kier molecular flexibility index (Phi) is 6.26. The fraction of sp³-hybridized carbons (Fsp3) is 0.467. The van der Waals surface area contributed by atoms with Gasteiger partial charge in [-0.1, -0.05) is 6.07 Å². The quantitative estimate of drug-likeness (QED) is 0.761. The van der Waals surface area contributed by atoms with E-state index in [9.17, 15) is 26.8 Å². The maximum Gasteiger partial charge on any atom is 0.321 e. The lowest BCUT2D eigenvalue weighted by Crippen LogP contribution is -2.56. The second kappa shape index (κ2) is 8.06. The molecule has 1 aliphatic heterocycles. The van der Waals surface area contributed by atoms with E-state index in [2.05, 4.69) is 10.6 Å². The smallest absolute Gasteiger partial charge is 0.321 e. The summed E-state index contributed by atoms with van der Waals surface area (Å²) in [6.45, 7) is 1.87. The average molecular weight is 390 g/mol. The standard InChI is InChI=1S/C15H20F2N4O4S/c1-10(14(22)19-15(23)18-2)20-6-8-21(9-7-20)26(24,25)13-11(16)4-3-5-12(13)17/h3-5,10H,6-9H2,1-2H3,(H2,18,19,22,23)/t10-/m0/s1. The Morgan fingerprint density at radius 2 is 1.65 bits per heavy atom. The summed E-state index contributed by atoms with van der Waals surface area (Å²) in [7, 11) is -2.95. The minimum absolute atomic E-state index is 0.0340. The number of sulfonamides is 1. The number of piperazine rings is 1. The number of carbonyl (C=O) groups is 2. The first kappa shape index (κ1) is 20.2. The number of amides is 3. The van der Waals surface area contributed by atoms with E-state index in [4.69, 9.17) is 0 Å². The molecule has 3 amide bonds. The lowest BCUT2D eigenvalue weighted by atomic mass is 10.2. The van der Waals surface area contributed by atoms with E-state index >= 15 is 0 Å². The second-order valence-corrected chi connectivity index (χ2v) is 7.61. The van der Waals surface area contributed by atoms with Gasteiger partial charge < -0.3 is 5.32 Å². The summed E-state index contributed by atoms with van der Waals surface area (Å²) >= 11 is 0.